The first-order valence-corrected chi connectivity index (χ1v) is 8.34. The predicted octanol–water partition coefficient (Wildman–Crippen LogP) is 1.89. The lowest BCUT2D eigenvalue weighted by atomic mass is 10.0. The van der Waals surface area contributed by atoms with Crippen LogP contribution in [-0.4, -0.2) is 51.1 Å². The van der Waals surface area contributed by atoms with Crippen LogP contribution in [0.1, 0.15) is 12.0 Å². The SMILES string of the molecule is O=C(Cc1c(F)cccc1Cl)N1CC[C@@H](Nc2ncccn2)[C@H](O)C1. The van der Waals surface area contributed by atoms with Crippen molar-refractivity contribution in [2.75, 3.05) is 18.4 Å². The molecule has 0 saturated carbocycles. The normalized spacial score (nSPS) is 20.4. The zero-order chi connectivity index (χ0) is 17.8. The van der Waals surface area contributed by atoms with E-state index < -0.39 is 11.9 Å². The highest BCUT2D eigenvalue weighted by Crippen LogP contribution is 2.21. The number of β-amino-alcohol motifs (C(OH)–C–C–N with tert-alkyl or cyclic N) is 1. The molecule has 1 saturated heterocycles. The Kier molecular flexibility index (Phi) is 5.45. The van der Waals surface area contributed by atoms with Crippen molar-refractivity contribution < 1.29 is 14.3 Å². The number of nitrogens with one attached hydrogen (secondary N) is 1. The number of aliphatic hydroxyl groups excluding tert-OH is 1. The molecule has 8 heteroatoms. The summed E-state index contributed by atoms with van der Waals surface area (Å²) in [6.07, 6.45) is 2.86. The fourth-order valence-corrected chi connectivity index (χ4v) is 3.06. The van der Waals surface area contributed by atoms with Gasteiger partial charge in [-0.05, 0) is 24.6 Å². The molecule has 3 rings (SSSR count). The monoisotopic (exact) mass is 364 g/mol. The second kappa shape index (κ2) is 7.76. The predicted molar refractivity (Wildman–Crippen MR) is 91.8 cm³/mol. The van der Waals surface area contributed by atoms with Crippen LogP contribution in [0.15, 0.2) is 36.7 Å². The third kappa shape index (κ3) is 4.24. The maximum Gasteiger partial charge on any atom is 0.227 e. The number of piperidine rings is 1. The molecule has 2 aromatic rings. The average Bonchev–Trinajstić information content (AvgIpc) is 2.61. The minimum atomic E-state index is -0.766. The Labute approximate surface area is 149 Å². The van der Waals surface area contributed by atoms with Gasteiger partial charge in [-0.15, -0.1) is 0 Å². The van der Waals surface area contributed by atoms with Gasteiger partial charge in [-0.1, -0.05) is 17.7 Å². The highest BCUT2D eigenvalue weighted by atomic mass is 35.5. The largest absolute Gasteiger partial charge is 0.389 e. The molecule has 0 aliphatic carbocycles. The summed E-state index contributed by atoms with van der Waals surface area (Å²) >= 11 is 5.97. The molecular weight excluding hydrogens is 347 g/mol. The molecule has 25 heavy (non-hydrogen) atoms. The summed E-state index contributed by atoms with van der Waals surface area (Å²) in [5.74, 6) is -0.330. The Bertz CT molecular complexity index is 726. The average molecular weight is 365 g/mol. The van der Waals surface area contributed by atoms with Gasteiger partial charge in [0.2, 0.25) is 11.9 Å². The van der Waals surface area contributed by atoms with E-state index in [2.05, 4.69) is 15.3 Å². The fraction of sp³-hybridized carbons (Fsp3) is 0.353. The standard InChI is InChI=1S/C17H18ClFN4O2/c18-12-3-1-4-13(19)11(12)9-16(25)23-8-5-14(15(24)10-23)22-17-20-6-2-7-21-17/h1-4,6-7,14-15,24H,5,8-10H2,(H,20,21,22)/t14-,15-/m1/s1. The van der Waals surface area contributed by atoms with Gasteiger partial charge in [-0.2, -0.15) is 0 Å². The van der Waals surface area contributed by atoms with Crippen molar-refractivity contribution in [2.45, 2.75) is 25.0 Å². The van der Waals surface area contributed by atoms with Gasteiger partial charge in [0.15, 0.2) is 0 Å². The van der Waals surface area contributed by atoms with Crippen LogP contribution < -0.4 is 5.32 Å². The third-order valence-corrected chi connectivity index (χ3v) is 4.56. The van der Waals surface area contributed by atoms with Crippen LogP contribution in [0.25, 0.3) is 0 Å². The van der Waals surface area contributed by atoms with Crippen molar-refractivity contribution >= 4 is 23.5 Å². The summed E-state index contributed by atoms with van der Waals surface area (Å²) in [7, 11) is 0. The zero-order valence-corrected chi connectivity index (χ0v) is 14.2. The van der Waals surface area contributed by atoms with E-state index in [4.69, 9.17) is 11.6 Å². The van der Waals surface area contributed by atoms with Crippen LogP contribution in [0.4, 0.5) is 10.3 Å². The zero-order valence-electron chi connectivity index (χ0n) is 13.4. The van der Waals surface area contributed by atoms with Crippen molar-refractivity contribution in [3.05, 3.63) is 53.1 Å². The van der Waals surface area contributed by atoms with Gasteiger partial charge in [0, 0.05) is 36.1 Å². The first-order valence-electron chi connectivity index (χ1n) is 7.97. The number of benzene rings is 1. The van der Waals surface area contributed by atoms with E-state index in [1.807, 2.05) is 0 Å². The maximum atomic E-state index is 13.8. The molecule has 0 spiro atoms. The summed E-state index contributed by atoms with van der Waals surface area (Å²) in [5, 5.41) is 13.6. The lowest BCUT2D eigenvalue weighted by Gasteiger charge is -2.36. The summed E-state index contributed by atoms with van der Waals surface area (Å²) in [5.41, 5.74) is 0.182. The minimum absolute atomic E-state index is 0.127. The van der Waals surface area contributed by atoms with Gasteiger partial charge in [0.1, 0.15) is 5.82 Å². The summed E-state index contributed by atoms with van der Waals surface area (Å²) < 4.78 is 13.8. The van der Waals surface area contributed by atoms with Crippen molar-refractivity contribution in [1.82, 2.24) is 14.9 Å². The summed E-state index contributed by atoms with van der Waals surface area (Å²) in [6, 6.07) is 5.79. The Morgan fingerprint density at radius 1 is 1.36 bits per heavy atom. The number of rotatable bonds is 4. The molecule has 2 heterocycles. The minimum Gasteiger partial charge on any atom is -0.389 e. The number of halogens is 2. The molecule has 1 aliphatic rings. The van der Waals surface area contributed by atoms with Crippen molar-refractivity contribution in [1.29, 1.82) is 0 Å². The number of hydrogen-bond donors (Lipinski definition) is 2. The molecule has 132 valence electrons. The smallest absolute Gasteiger partial charge is 0.227 e. The van der Waals surface area contributed by atoms with Crippen LogP contribution in [0.2, 0.25) is 5.02 Å². The second-order valence-electron chi connectivity index (χ2n) is 5.90. The van der Waals surface area contributed by atoms with E-state index in [-0.39, 0.29) is 35.5 Å². The van der Waals surface area contributed by atoms with Gasteiger partial charge in [-0.3, -0.25) is 4.79 Å². The van der Waals surface area contributed by atoms with Crippen LogP contribution in [0.5, 0.6) is 0 Å². The lowest BCUT2D eigenvalue weighted by Crippen LogP contribution is -2.52. The molecule has 1 amide bonds. The fourth-order valence-electron chi connectivity index (χ4n) is 2.83. The van der Waals surface area contributed by atoms with Crippen LogP contribution >= 0.6 is 11.6 Å². The molecule has 0 unspecified atom stereocenters. The quantitative estimate of drug-likeness (QED) is 0.866. The Balaban J connectivity index is 1.60. The molecule has 1 aromatic heterocycles. The molecule has 0 bridgehead atoms. The maximum absolute atomic E-state index is 13.8. The molecule has 1 fully saturated rings. The molecule has 2 N–H and O–H groups in total. The van der Waals surface area contributed by atoms with Crippen molar-refractivity contribution in [3.8, 4) is 0 Å². The third-order valence-electron chi connectivity index (χ3n) is 4.20. The molecule has 6 nitrogen and oxygen atoms in total. The van der Waals surface area contributed by atoms with Gasteiger partial charge in [0.25, 0.3) is 0 Å². The van der Waals surface area contributed by atoms with Crippen LogP contribution in [0.3, 0.4) is 0 Å². The number of carbonyl (C=O) groups excluding carboxylic acids is 1. The highest BCUT2D eigenvalue weighted by molar-refractivity contribution is 6.31. The van der Waals surface area contributed by atoms with E-state index in [0.717, 1.165) is 0 Å². The number of likely N-dealkylation sites (tertiary alicyclic amines) is 1. The molecule has 1 aromatic carbocycles. The van der Waals surface area contributed by atoms with E-state index in [9.17, 15) is 14.3 Å². The van der Waals surface area contributed by atoms with E-state index in [1.165, 1.54) is 17.0 Å². The van der Waals surface area contributed by atoms with Gasteiger partial charge < -0.3 is 15.3 Å². The van der Waals surface area contributed by atoms with Gasteiger partial charge in [0.05, 0.1) is 18.6 Å². The number of hydrogen-bond acceptors (Lipinski definition) is 5. The number of nitrogens with zero attached hydrogens (tertiary/aromatic N) is 3. The summed E-state index contributed by atoms with van der Waals surface area (Å²) in [6.45, 7) is 0.613. The van der Waals surface area contributed by atoms with Gasteiger partial charge >= 0.3 is 0 Å². The number of anilines is 1. The second-order valence-corrected chi connectivity index (χ2v) is 6.30. The van der Waals surface area contributed by atoms with Crippen molar-refractivity contribution in [3.63, 3.8) is 0 Å². The van der Waals surface area contributed by atoms with Crippen LogP contribution in [-0.2, 0) is 11.2 Å². The van der Waals surface area contributed by atoms with E-state index >= 15 is 0 Å². The highest BCUT2D eigenvalue weighted by Gasteiger charge is 2.31. The van der Waals surface area contributed by atoms with Crippen LogP contribution in [0, 0.1) is 5.82 Å². The Morgan fingerprint density at radius 2 is 2.12 bits per heavy atom. The molecular formula is C17H18ClFN4O2. The first-order chi connectivity index (χ1) is 12.0. The topological polar surface area (TPSA) is 78.4 Å². The Hall–Kier alpha value is -2.25. The van der Waals surface area contributed by atoms with E-state index in [0.29, 0.717) is 18.9 Å². The first kappa shape index (κ1) is 17.6. The number of carbonyl (C=O) groups is 1. The Morgan fingerprint density at radius 3 is 2.80 bits per heavy atom. The van der Waals surface area contributed by atoms with E-state index in [1.54, 1.807) is 24.5 Å². The molecule has 1 aliphatic heterocycles. The number of aromatic nitrogens is 2. The molecule has 2 atom stereocenters. The summed E-state index contributed by atoms with van der Waals surface area (Å²) in [4.78, 5) is 22.1. The number of aliphatic hydroxyl groups is 1. The lowest BCUT2D eigenvalue weighted by molar-refractivity contribution is -0.133. The number of amides is 1. The molecule has 0 radical (unpaired) electrons. The van der Waals surface area contributed by atoms with Gasteiger partial charge in [-0.25, -0.2) is 14.4 Å². The van der Waals surface area contributed by atoms with Crippen molar-refractivity contribution in [2.24, 2.45) is 0 Å².